The van der Waals surface area contributed by atoms with Gasteiger partial charge in [-0.1, -0.05) is 42.1 Å². The Morgan fingerprint density at radius 1 is 1.24 bits per heavy atom. The first-order valence-corrected chi connectivity index (χ1v) is 10.0. The molecule has 0 atom stereocenters. The zero-order valence-corrected chi connectivity index (χ0v) is 16.5. The number of thioether (sulfide) groups is 1. The van der Waals surface area contributed by atoms with Crippen molar-refractivity contribution < 1.29 is 4.79 Å². The first-order chi connectivity index (χ1) is 14.0. The number of rotatable bonds is 7. The summed E-state index contributed by atoms with van der Waals surface area (Å²) in [6, 6.07) is 9.49. The van der Waals surface area contributed by atoms with Crippen LogP contribution < -0.4 is 17.0 Å². The SMILES string of the molecule is Cn1c(=O)c(C(=O)CSc2nnnn2C2CC2)c(N)n(Cc2ccccc2)c1=O. The average molecular weight is 413 g/mol. The van der Waals surface area contributed by atoms with Crippen LogP contribution in [0.15, 0.2) is 45.1 Å². The van der Waals surface area contributed by atoms with Gasteiger partial charge in [0.1, 0.15) is 11.4 Å². The van der Waals surface area contributed by atoms with E-state index in [9.17, 15) is 14.4 Å². The normalized spacial score (nSPS) is 13.6. The third-order valence-corrected chi connectivity index (χ3v) is 5.67. The van der Waals surface area contributed by atoms with E-state index < -0.39 is 17.0 Å². The van der Waals surface area contributed by atoms with Crippen molar-refractivity contribution in [3.05, 3.63) is 62.3 Å². The van der Waals surface area contributed by atoms with Gasteiger partial charge in [-0.3, -0.25) is 18.7 Å². The third-order valence-electron chi connectivity index (χ3n) is 4.73. The van der Waals surface area contributed by atoms with Crippen molar-refractivity contribution in [1.29, 1.82) is 0 Å². The van der Waals surface area contributed by atoms with Crippen LogP contribution in [-0.2, 0) is 13.6 Å². The van der Waals surface area contributed by atoms with Gasteiger partial charge < -0.3 is 5.73 Å². The number of nitrogens with zero attached hydrogens (tertiary/aromatic N) is 6. The fourth-order valence-corrected chi connectivity index (χ4v) is 3.81. The van der Waals surface area contributed by atoms with Crippen molar-refractivity contribution in [3.8, 4) is 0 Å². The second kappa shape index (κ2) is 7.66. The number of carbonyl (C=O) groups is 1. The fraction of sp³-hybridized carbons (Fsp3) is 0.333. The van der Waals surface area contributed by atoms with Gasteiger partial charge in [0.25, 0.3) is 5.56 Å². The summed E-state index contributed by atoms with van der Waals surface area (Å²) in [5.41, 5.74) is 5.47. The van der Waals surface area contributed by atoms with Gasteiger partial charge in [-0.05, 0) is 28.8 Å². The Hall–Kier alpha value is -3.21. The van der Waals surface area contributed by atoms with Gasteiger partial charge in [0.05, 0.1) is 18.3 Å². The van der Waals surface area contributed by atoms with Crippen LogP contribution in [0.3, 0.4) is 0 Å². The molecule has 0 bridgehead atoms. The van der Waals surface area contributed by atoms with Gasteiger partial charge in [0.15, 0.2) is 5.78 Å². The Morgan fingerprint density at radius 3 is 2.66 bits per heavy atom. The van der Waals surface area contributed by atoms with Gasteiger partial charge in [0, 0.05) is 7.05 Å². The smallest absolute Gasteiger partial charge is 0.332 e. The van der Waals surface area contributed by atoms with E-state index in [0.29, 0.717) is 5.16 Å². The lowest BCUT2D eigenvalue weighted by atomic mass is 10.2. The number of aromatic nitrogens is 6. The van der Waals surface area contributed by atoms with Crippen molar-refractivity contribution >= 4 is 23.4 Å². The lowest BCUT2D eigenvalue weighted by molar-refractivity contribution is 0.102. The maximum absolute atomic E-state index is 12.8. The van der Waals surface area contributed by atoms with Crippen LogP contribution in [0.1, 0.15) is 34.8 Å². The summed E-state index contributed by atoms with van der Waals surface area (Å²) >= 11 is 1.15. The Labute approximate surface area is 169 Å². The quantitative estimate of drug-likeness (QED) is 0.437. The van der Waals surface area contributed by atoms with Gasteiger partial charge in [-0.25, -0.2) is 9.48 Å². The van der Waals surface area contributed by atoms with Gasteiger partial charge in [-0.2, -0.15) is 0 Å². The highest BCUT2D eigenvalue weighted by Crippen LogP contribution is 2.36. The number of ketones is 1. The number of benzene rings is 1. The van der Waals surface area contributed by atoms with E-state index in [2.05, 4.69) is 15.5 Å². The van der Waals surface area contributed by atoms with E-state index in [0.717, 1.165) is 34.7 Å². The van der Waals surface area contributed by atoms with Gasteiger partial charge in [-0.15, -0.1) is 5.10 Å². The Morgan fingerprint density at radius 2 is 1.97 bits per heavy atom. The molecule has 2 heterocycles. The molecule has 4 rings (SSSR count). The molecule has 0 amide bonds. The molecule has 1 aromatic carbocycles. The molecule has 1 saturated carbocycles. The molecule has 1 aliphatic carbocycles. The maximum atomic E-state index is 12.8. The molecule has 150 valence electrons. The fourth-order valence-electron chi connectivity index (χ4n) is 3.00. The lowest BCUT2D eigenvalue weighted by Crippen LogP contribution is -2.43. The van der Waals surface area contributed by atoms with Crippen LogP contribution in [-0.4, -0.2) is 40.9 Å². The predicted octanol–water partition coefficient (Wildman–Crippen LogP) is 0.474. The number of carbonyl (C=O) groups excluding carboxylic acids is 1. The molecular weight excluding hydrogens is 394 g/mol. The van der Waals surface area contributed by atoms with E-state index in [1.165, 1.54) is 11.6 Å². The van der Waals surface area contributed by atoms with Crippen molar-refractivity contribution in [2.75, 3.05) is 11.5 Å². The van der Waals surface area contributed by atoms with Crippen molar-refractivity contribution in [1.82, 2.24) is 29.3 Å². The molecule has 1 aliphatic rings. The van der Waals surface area contributed by atoms with E-state index >= 15 is 0 Å². The molecular formula is C18H19N7O3S. The summed E-state index contributed by atoms with van der Waals surface area (Å²) < 4.78 is 3.84. The van der Waals surface area contributed by atoms with Crippen LogP contribution in [0, 0.1) is 0 Å². The summed E-state index contributed by atoms with van der Waals surface area (Å²) in [5, 5.41) is 12.0. The first kappa shape index (κ1) is 19.1. The predicted molar refractivity (Wildman–Crippen MR) is 107 cm³/mol. The summed E-state index contributed by atoms with van der Waals surface area (Å²) in [7, 11) is 1.34. The highest BCUT2D eigenvalue weighted by molar-refractivity contribution is 7.99. The third kappa shape index (κ3) is 3.73. The second-order valence-electron chi connectivity index (χ2n) is 6.83. The number of anilines is 1. The van der Waals surface area contributed by atoms with Crippen LogP contribution in [0.4, 0.5) is 5.82 Å². The molecule has 2 N–H and O–H groups in total. The number of hydrogen-bond donors (Lipinski definition) is 1. The zero-order chi connectivity index (χ0) is 20.5. The molecule has 29 heavy (non-hydrogen) atoms. The molecule has 0 unspecified atom stereocenters. The minimum atomic E-state index is -0.704. The van der Waals surface area contributed by atoms with Crippen molar-refractivity contribution in [2.24, 2.45) is 7.05 Å². The Kier molecular flexibility index (Phi) is 5.05. The molecule has 0 spiro atoms. The van der Waals surface area contributed by atoms with Crippen LogP contribution in [0.25, 0.3) is 0 Å². The molecule has 1 fully saturated rings. The number of Topliss-reactive ketones (excluding diaryl/α,β-unsaturated/α-hetero) is 1. The van der Waals surface area contributed by atoms with Crippen LogP contribution in [0.5, 0.6) is 0 Å². The summed E-state index contributed by atoms with van der Waals surface area (Å²) in [6.45, 7) is 0.160. The van der Waals surface area contributed by atoms with E-state index in [-0.39, 0.29) is 29.7 Å². The highest BCUT2D eigenvalue weighted by Gasteiger charge is 2.29. The highest BCUT2D eigenvalue weighted by atomic mass is 32.2. The summed E-state index contributed by atoms with van der Waals surface area (Å²) in [5.74, 6) is -0.662. The molecule has 0 aliphatic heterocycles. The van der Waals surface area contributed by atoms with E-state index in [1.807, 2.05) is 30.3 Å². The van der Waals surface area contributed by atoms with Crippen LogP contribution >= 0.6 is 11.8 Å². The second-order valence-corrected chi connectivity index (χ2v) is 7.77. The standard InChI is InChI=1S/C18H19N7O3S/c1-23-16(27)14(13(26)10-29-17-20-21-22-25(17)12-7-8-12)15(19)24(18(23)28)9-11-5-3-2-4-6-11/h2-6,12H,7-10,19H2,1H3. The van der Waals surface area contributed by atoms with Crippen LogP contribution in [0.2, 0.25) is 0 Å². The Balaban J connectivity index is 1.63. The average Bonchev–Trinajstić information content (AvgIpc) is 3.46. The molecule has 10 nitrogen and oxygen atoms in total. The van der Waals surface area contributed by atoms with E-state index in [1.54, 1.807) is 4.68 Å². The molecule has 11 heteroatoms. The number of nitrogen functional groups attached to an aromatic ring is 1. The van der Waals surface area contributed by atoms with Gasteiger partial charge >= 0.3 is 5.69 Å². The molecule has 0 radical (unpaired) electrons. The molecule has 2 aromatic heterocycles. The monoisotopic (exact) mass is 413 g/mol. The maximum Gasteiger partial charge on any atom is 0.332 e. The van der Waals surface area contributed by atoms with Crippen molar-refractivity contribution in [2.45, 2.75) is 30.6 Å². The van der Waals surface area contributed by atoms with E-state index in [4.69, 9.17) is 5.73 Å². The minimum Gasteiger partial charge on any atom is -0.384 e. The van der Waals surface area contributed by atoms with Crippen molar-refractivity contribution in [3.63, 3.8) is 0 Å². The topological polar surface area (TPSA) is 131 Å². The first-order valence-electron chi connectivity index (χ1n) is 9.04. The minimum absolute atomic E-state index is 0.0595. The largest absolute Gasteiger partial charge is 0.384 e. The molecule has 3 aromatic rings. The zero-order valence-electron chi connectivity index (χ0n) is 15.7. The lowest BCUT2D eigenvalue weighted by Gasteiger charge is -2.14. The summed E-state index contributed by atoms with van der Waals surface area (Å²) in [4.78, 5) is 38.0. The Bertz CT molecular complexity index is 1180. The molecule has 0 saturated heterocycles. The van der Waals surface area contributed by atoms with Gasteiger partial charge in [0.2, 0.25) is 5.16 Å². The summed E-state index contributed by atoms with van der Waals surface area (Å²) in [6.07, 6.45) is 2.01. The number of nitrogens with two attached hydrogens (primary N) is 1. The number of hydrogen-bond acceptors (Lipinski definition) is 8. The number of tetrazole rings is 1.